The third-order valence-corrected chi connectivity index (χ3v) is 8.44. The van der Waals surface area contributed by atoms with E-state index in [0.29, 0.717) is 30.2 Å². The highest BCUT2D eigenvalue weighted by Gasteiger charge is 2.35. The lowest BCUT2D eigenvalue weighted by Crippen LogP contribution is -2.34. The zero-order chi connectivity index (χ0) is 23.5. The van der Waals surface area contributed by atoms with Crippen LogP contribution in [0, 0.1) is 0 Å². The smallest absolute Gasteiger partial charge is 0.260 e. The predicted octanol–water partition coefficient (Wildman–Crippen LogP) is 6.57. The number of anilines is 1. The van der Waals surface area contributed by atoms with Gasteiger partial charge in [0.1, 0.15) is 0 Å². The summed E-state index contributed by atoms with van der Waals surface area (Å²) in [6, 6.07) is 12.6. The molecule has 5 rings (SSSR count). The molecule has 2 aromatic rings. The van der Waals surface area contributed by atoms with Crippen molar-refractivity contribution in [3.8, 4) is 11.5 Å². The van der Waals surface area contributed by atoms with Gasteiger partial charge in [-0.3, -0.25) is 4.79 Å². The number of benzene rings is 2. The van der Waals surface area contributed by atoms with Crippen LogP contribution in [0.1, 0.15) is 54.4 Å². The Kier molecular flexibility index (Phi) is 7.40. The van der Waals surface area contributed by atoms with Crippen molar-refractivity contribution < 1.29 is 14.3 Å². The molecule has 0 saturated heterocycles. The van der Waals surface area contributed by atoms with E-state index >= 15 is 0 Å². The van der Waals surface area contributed by atoms with E-state index in [1.54, 1.807) is 7.11 Å². The Balaban J connectivity index is 1.32. The molecular weight excluding hydrogens is 512 g/mol. The summed E-state index contributed by atoms with van der Waals surface area (Å²) in [5.41, 5.74) is 3.84. The molecule has 0 spiro atoms. The molecule has 2 heterocycles. The van der Waals surface area contributed by atoms with E-state index in [1.165, 1.54) is 28.9 Å². The maximum Gasteiger partial charge on any atom is 0.260 e. The Bertz CT molecular complexity index is 1070. The summed E-state index contributed by atoms with van der Waals surface area (Å²) in [6.07, 6.45) is 8.78. The van der Waals surface area contributed by atoms with Crippen LogP contribution < -0.4 is 14.8 Å². The second kappa shape index (κ2) is 10.6. The number of unbranched alkanes of at least 4 members (excludes halogenated alkanes) is 2. The minimum atomic E-state index is 0.00285. The summed E-state index contributed by atoms with van der Waals surface area (Å²) in [5.74, 6) is 1.28. The SMILES string of the molecule is COc1cc2c(cc1OCCCCCBr)NC[C@@H]1CC(c3ccc(SC4CC4)cc3)=CN1C2=O. The Labute approximate surface area is 214 Å². The van der Waals surface area contributed by atoms with Crippen LogP contribution in [0.15, 0.2) is 47.5 Å². The zero-order valence-electron chi connectivity index (χ0n) is 19.5. The number of amides is 1. The monoisotopic (exact) mass is 542 g/mol. The molecule has 1 fully saturated rings. The molecule has 1 N–H and O–H groups in total. The standard InChI is InChI=1S/C27H31BrN2O3S/c1-32-25-14-23-24(15-26(25)33-12-4-2-3-11-28)29-16-20-13-19(17-30(20)27(23)31)18-5-7-21(8-6-18)34-22-9-10-22/h5-8,14-15,17,20,22,29H,2-4,9-13,16H2,1H3/t20-/m0/s1. The molecule has 0 aromatic heterocycles. The molecule has 3 aliphatic rings. The van der Waals surface area contributed by atoms with E-state index in [-0.39, 0.29) is 11.9 Å². The van der Waals surface area contributed by atoms with Crippen molar-refractivity contribution >= 4 is 44.9 Å². The molecular formula is C27H31BrN2O3S. The second-order valence-corrected chi connectivity index (χ2v) is 11.3. The van der Waals surface area contributed by atoms with Crippen LogP contribution in [-0.4, -0.2) is 47.7 Å². The van der Waals surface area contributed by atoms with Gasteiger partial charge >= 0.3 is 0 Å². The van der Waals surface area contributed by atoms with Crippen LogP contribution in [0.4, 0.5) is 5.69 Å². The molecule has 2 aliphatic heterocycles. The van der Waals surface area contributed by atoms with Gasteiger partial charge in [0.15, 0.2) is 11.5 Å². The van der Waals surface area contributed by atoms with Crippen molar-refractivity contribution in [3.05, 3.63) is 53.7 Å². The Hall–Kier alpha value is -2.12. The number of carbonyl (C=O) groups is 1. The van der Waals surface area contributed by atoms with Crippen LogP contribution >= 0.6 is 27.7 Å². The van der Waals surface area contributed by atoms with Gasteiger partial charge in [-0.05, 0) is 67.9 Å². The van der Waals surface area contributed by atoms with Gasteiger partial charge in [-0.25, -0.2) is 0 Å². The van der Waals surface area contributed by atoms with Gasteiger partial charge in [-0.1, -0.05) is 28.1 Å². The van der Waals surface area contributed by atoms with E-state index in [4.69, 9.17) is 9.47 Å². The first-order chi connectivity index (χ1) is 16.7. The quantitative estimate of drug-likeness (QED) is 0.271. The van der Waals surface area contributed by atoms with Gasteiger partial charge in [0.2, 0.25) is 0 Å². The number of nitrogens with zero attached hydrogens (tertiary/aromatic N) is 1. The molecule has 5 nitrogen and oxygen atoms in total. The fraction of sp³-hybridized carbons (Fsp3) is 0.444. The van der Waals surface area contributed by atoms with E-state index in [1.807, 2.05) is 35.0 Å². The number of fused-ring (bicyclic) bond motifs is 2. The van der Waals surface area contributed by atoms with Crippen LogP contribution in [-0.2, 0) is 0 Å². The third kappa shape index (κ3) is 5.25. The van der Waals surface area contributed by atoms with Crippen molar-refractivity contribution in [2.24, 2.45) is 0 Å². The predicted molar refractivity (Wildman–Crippen MR) is 142 cm³/mol. The highest BCUT2D eigenvalue weighted by Crippen LogP contribution is 2.41. The van der Waals surface area contributed by atoms with Crippen molar-refractivity contribution in [3.63, 3.8) is 0 Å². The molecule has 1 aliphatic carbocycles. The highest BCUT2D eigenvalue weighted by atomic mass is 79.9. The van der Waals surface area contributed by atoms with Crippen LogP contribution in [0.5, 0.6) is 11.5 Å². The molecule has 34 heavy (non-hydrogen) atoms. The Morgan fingerprint density at radius 3 is 2.68 bits per heavy atom. The van der Waals surface area contributed by atoms with E-state index in [9.17, 15) is 4.79 Å². The largest absolute Gasteiger partial charge is 0.493 e. The molecule has 0 bridgehead atoms. The number of nitrogens with one attached hydrogen (secondary N) is 1. The van der Waals surface area contributed by atoms with E-state index < -0.39 is 0 Å². The Morgan fingerprint density at radius 2 is 1.94 bits per heavy atom. The Morgan fingerprint density at radius 1 is 1.12 bits per heavy atom. The lowest BCUT2D eigenvalue weighted by molar-refractivity contribution is 0.0796. The van der Waals surface area contributed by atoms with Crippen molar-refractivity contribution in [2.45, 2.75) is 54.7 Å². The zero-order valence-corrected chi connectivity index (χ0v) is 21.9. The number of halogens is 1. The molecule has 180 valence electrons. The minimum absolute atomic E-state index is 0.00285. The summed E-state index contributed by atoms with van der Waals surface area (Å²) < 4.78 is 11.6. The van der Waals surface area contributed by atoms with Gasteiger partial charge in [0, 0.05) is 34.3 Å². The van der Waals surface area contributed by atoms with Crippen LogP contribution in [0.25, 0.3) is 5.57 Å². The maximum atomic E-state index is 13.5. The third-order valence-electron chi connectivity index (χ3n) is 6.53. The number of rotatable bonds is 10. The van der Waals surface area contributed by atoms with E-state index in [2.05, 4.69) is 45.5 Å². The lowest BCUT2D eigenvalue weighted by atomic mass is 10.0. The minimum Gasteiger partial charge on any atom is -0.493 e. The fourth-order valence-electron chi connectivity index (χ4n) is 4.47. The summed E-state index contributed by atoms with van der Waals surface area (Å²) in [5, 5.41) is 5.32. The first-order valence-corrected chi connectivity index (χ1v) is 14.1. The number of alkyl halides is 1. The molecule has 2 aromatic carbocycles. The summed E-state index contributed by atoms with van der Waals surface area (Å²) >= 11 is 5.43. The van der Waals surface area contributed by atoms with Crippen LogP contribution in [0.2, 0.25) is 0 Å². The average Bonchev–Trinajstić information content (AvgIpc) is 3.59. The number of hydrogen-bond acceptors (Lipinski definition) is 5. The molecule has 1 amide bonds. The molecule has 7 heteroatoms. The van der Waals surface area contributed by atoms with E-state index in [0.717, 1.165) is 42.0 Å². The van der Waals surface area contributed by atoms with Gasteiger partial charge in [-0.15, -0.1) is 11.8 Å². The summed E-state index contributed by atoms with van der Waals surface area (Å²) in [6.45, 7) is 1.33. The van der Waals surface area contributed by atoms with Gasteiger partial charge in [0.25, 0.3) is 5.91 Å². The number of thioether (sulfide) groups is 1. The van der Waals surface area contributed by atoms with Crippen molar-refractivity contribution in [1.29, 1.82) is 0 Å². The number of ether oxygens (including phenoxy) is 2. The molecule has 1 atom stereocenters. The topological polar surface area (TPSA) is 50.8 Å². The van der Waals surface area contributed by atoms with Gasteiger partial charge < -0.3 is 19.7 Å². The van der Waals surface area contributed by atoms with Crippen molar-refractivity contribution in [1.82, 2.24) is 4.90 Å². The lowest BCUT2D eigenvalue weighted by Gasteiger charge is -2.20. The maximum absolute atomic E-state index is 13.5. The average molecular weight is 544 g/mol. The summed E-state index contributed by atoms with van der Waals surface area (Å²) in [4.78, 5) is 16.7. The number of carbonyl (C=O) groups excluding carboxylic acids is 1. The first kappa shape index (κ1) is 23.6. The first-order valence-electron chi connectivity index (χ1n) is 12.1. The number of methoxy groups -OCH3 is 1. The van der Waals surface area contributed by atoms with Gasteiger partial charge in [0.05, 0.1) is 31.0 Å². The highest BCUT2D eigenvalue weighted by molar-refractivity contribution is 9.09. The molecule has 1 saturated carbocycles. The molecule has 0 radical (unpaired) electrons. The molecule has 0 unspecified atom stereocenters. The normalized spacial score (nSPS) is 19.1. The summed E-state index contributed by atoms with van der Waals surface area (Å²) in [7, 11) is 1.62. The van der Waals surface area contributed by atoms with Crippen LogP contribution in [0.3, 0.4) is 0 Å². The van der Waals surface area contributed by atoms with Crippen molar-refractivity contribution in [2.75, 3.05) is 30.9 Å². The number of hydrogen-bond donors (Lipinski definition) is 1. The fourth-order valence-corrected chi connectivity index (χ4v) is 5.92. The second-order valence-electron chi connectivity index (χ2n) is 9.09. The van der Waals surface area contributed by atoms with Gasteiger partial charge in [-0.2, -0.15) is 0 Å².